The highest BCUT2D eigenvalue weighted by molar-refractivity contribution is 5.91. The highest BCUT2D eigenvalue weighted by Gasteiger charge is 2.28. The van der Waals surface area contributed by atoms with Crippen LogP contribution in [0.1, 0.15) is 38.7 Å². The lowest BCUT2D eigenvalue weighted by Gasteiger charge is -2.30. The zero-order chi connectivity index (χ0) is 18.7. The van der Waals surface area contributed by atoms with Gasteiger partial charge in [-0.3, -0.25) is 9.48 Å². The van der Waals surface area contributed by atoms with Crippen LogP contribution in [-0.2, 0) is 18.3 Å². The second kappa shape index (κ2) is 7.89. The van der Waals surface area contributed by atoms with Gasteiger partial charge in [0.05, 0.1) is 11.9 Å². The predicted molar refractivity (Wildman–Crippen MR) is 102 cm³/mol. The van der Waals surface area contributed by atoms with Crippen molar-refractivity contribution in [1.82, 2.24) is 9.78 Å². The zero-order valence-electron chi connectivity index (χ0n) is 15.7. The van der Waals surface area contributed by atoms with Crippen molar-refractivity contribution in [3.05, 3.63) is 42.0 Å². The summed E-state index contributed by atoms with van der Waals surface area (Å²) in [4.78, 5) is 14.3. The van der Waals surface area contributed by atoms with Crippen LogP contribution in [0.4, 0.5) is 15.8 Å². The predicted octanol–water partition coefficient (Wildman–Crippen LogP) is 3.76. The fraction of sp³-hybridized carbons (Fsp3) is 0.500. The fourth-order valence-electron chi connectivity index (χ4n) is 3.68. The zero-order valence-corrected chi connectivity index (χ0v) is 15.7. The Morgan fingerprint density at radius 1 is 1.42 bits per heavy atom. The molecule has 6 heteroatoms. The molecular formula is C20H27FN4O. The molecule has 0 aliphatic carbocycles. The van der Waals surface area contributed by atoms with Gasteiger partial charge in [0, 0.05) is 37.9 Å². The molecule has 0 bridgehead atoms. The van der Waals surface area contributed by atoms with E-state index in [1.165, 1.54) is 6.07 Å². The van der Waals surface area contributed by atoms with Crippen LogP contribution in [0.5, 0.6) is 0 Å². The average Bonchev–Trinajstić information content (AvgIpc) is 3.22. The van der Waals surface area contributed by atoms with Gasteiger partial charge in [0.15, 0.2) is 0 Å². The molecule has 1 atom stereocenters. The van der Waals surface area contributed by atoms with E-state index in [0.717, 1.165) is 24.9 Å². The largest absolute Gasteiger partial charge is 0.366 e. The van der Waals surface area contributed by atoms with Crippen molar-refractivity contribution < 1.29 is 9.18 Å². The number of hydrogen-bond donors (Lipinski definition) is 1. The molecule has 0 saturated carbocycles. The Kier molecular flexibility index (Phi) is 5.59. The Labute approximate surface area is 154 Å². The smallest absolute Gasteiger partial charge is 0.224 e. The first-order chi connectivity index (χ1) is 12.4. The number of hydrogen-bond acceptors (Lipinski definition) is 3. The number of benzene rings is 1. The molecule has 0 unspecified atom stereocenters. The standard InChI is InChI=1S/C20H27FN4O/c1-14(2)18-5-4-10-25(18)19-8-7-16(11-17(19)21)23-20(26)9-6-15-12-22-24(3)13-15/h7-8,11-14,18H,4-6,9-10H2,1-3H3,(H,23,26)/t18-/m0/s1. The number of amides is 1. The van der Waals surface area contributed by atoms with Gasteiger partial charge >= 0.3 is 0 Å². The van der Waals surface area contributed by atoms with Gasteiger partial charge in [-0.05, 0) is 48.9 Å². The molecule has 2 heterocycles. The molecule has 3 rings (SSSR count). The molecule has 1 amide bonds. The maximum atomic E-state index is 14.6. The van der Waals surface area contributed by atoms with Gasteiger partial charge in [0.1, 0.15) is 5.82 Å². The summed E-state index contributed by atoms with van der Waals surface area (Å²) in [6.45, 7) is 5.24. The number of halogens is 1. The molecule has 0 spiro atoms. The van der Waals surface area contributed by atoms with Crippen molar-refractivity contribution in [2.24, 2.45) is 13.0 Å². The molecule has 1 aliphatic heterocycles. The minimum atomic E-state index is -0.275. The van der Waals surface area contributed by atoms with Gasteiger partial charge in [-0.15, -0.1) is 0 Å². The van der Waals surface area contributed by atoms with Gasteiger partial charge in [-0.1, -0.05) is 13.8 Å². The summed E-state index contributed by atoms with van der Waals surface area (Å²) in [7, 11) is 1.85. The lowest BCUT2D eigenvalue weighted by Crippen LogP contribution is -2.33. The van der Waals surface area contributed by atoms with Crippen molar-refractivity contribution in [3.8, 4) is 0 Å². The second-order valence-electron chi connectivity index (χ2n) is 7.38. The van der Waals surface area contributed by atoms with Crippen molar-refractivity contribution in [3.63, 3.8) is 0 Å². The first-order valence-electron chi connectivity index (χ1n) is 9.27. The summed E-state index contributed by atoms with van der Waals surface area (Å²) >= 11 is 0. The first-order valence-corrected chi connectivity index (χ1v) is 9.27. The Morgan fingerprint density at radius 3 is 2.88 bits per heavy atom. The Hall–Kier alpha value is -2.37. The van der Waals surface area contributed by atoms with E-state index in [1.807, 2.05) is 13.2 Å². The Bertz CT molecular complexity index is 771. The highest BCUT2D eigenvalue weighted by atomic mass is 19.1. The van der Waals surface area contributed by atoms with Gasteiger partial charge in [0.2, 0.25) is 5.91 Å². The third-order valence-corrected chi connectivity index (χ3v) is 5.01. The van der Waals surface area contributed by atoms with Gasteiger partial charge in [-0.25, -0.2) is 4.39 Å². The number of aryl methyl sites for hydroxylation is 2. The summed E-state index contributed by atoms with van der Waals surface area (Å²) in [6.07, 6.45) is 6.80. The second-order valence-corrected chi connectivity index (χ2v) is 7.38. The third-order valence-electron chi connectivity index (χ3n) is 5.01. The fourth-order valence-corrected chi connectivity index (χ4v) is 3.68. The lowest BCUT2D eigenvalue weighted by molar-refractivity contribution is -0.116. The van der Waals surface area contributed by atoms with Crippen LogP contribution in [0.25, 0.3) is 0 Å². The molecule has 1 aliphatic rings. The molecule has 5 nitrogen and oxygen atoms in total. The Morgan fingerprint density at radius 2 is 2.23 bits per heavy atom. The molecule has 2 aromatic rings. The van der Waals surface area contributed by atoms with E-state index in [0.29, 0.717) is 36.2 Å². The van der Waals surface area contributed by atoms with Crippen molar-refractivity contribution in [2.45, 2.75) is 45.6 Å². The molecule has 140 valence electrons. The van der Waals surface area contributed by atoms with E-state index in [2.05, 4.69) is 29.2 Å². The lowest BCUT2D eigenvalue weighted by atomic mass is 10.0. The summed E-state index contributed by atoms with van der Waals surface area (Å²) in [5, 5.41) is 6.87. The number of carbonyl (C=O) groups excluding carboxylic acids is 1. The van der Waals surface area contributed by atoms with E-state index < -0.39 is 0 Å². The summed E-state index contributed by atoms with van der Waals surface area (Å²) < 4.78 is 16.4. The summed E-state index contributed by atoms with van der Waals surface area (Å²) in [5.74, 6) is 0.0913. The maximum absolute atomic E-state index is 14.6. The highest BCUT2D eigenvalue weighted by Crippen LogP contribution is 2.32. The van der Waals surface area contributed by atoms with E-state index in [-0.39, 0.29) is 11.7 Å². The number of nitrogens with one attached hydrogen (secondary N) is 1. The minimum Gasteiger partial charge on any atom is -0.366 e. The number of nitrogens with zero attached hydrogens (tertiary/aromatic N) is 3. The number of anilines is 2. The van der Waals surface area contributed by atoms with Crippen LogP contribution in [0, 0.1) is 11.7 Å². The minimum absolute atomic E-state index is 0.123. The SMILES string of the molecule is CC(C)[C@@H]1CCCN1c1ccc(NC(=O)CCc2cnn(C)c2)cc1F. The van der Waals surface area contributed by atoms with Crippen LogP contribution in [-0.4, -0.2) is 28.3 Å². The molecule has 1 N–H and O–H groups in total. The van der Waals surface area contributed by atoms with E-state index in [4.69, 9.17) is 0 Å². The summed E-state index contributed by atoms with van der Waals surface area (Å²) in [5.41, 5.74) is 2.15. The van der Waals surface area contributed by atoms with E-state index in [9.17, 15) is 9.18 Å². The molecule has 1 saturated heterocycles. The number of aromatic nitrogens is 2. The first kappa shape index (κ1) is 18.4. The molecule has 0 radical (unpaired) electrons. The molecule has 26 heavy (non-hydrogen) atoms. The van der Waals surface area contributed by atoms with Gasteiger partial charge < -0.3 is 10.2 Å². The number of carbonyl (C=O) groups is 1. The normalized spacial score (nSPS) is 17.1. The van der Waals surface area contributed by atoms with Crippen molar-refractivity contribution in [1.29, 1.82) is 0 Å². The van der Waals surface area contributed by atoms with Crippen LogP contribution < -0.4 is 10.2 Å². The van der Waals surface area contributed by atoms with Gasteiger partial charge in [0.25, 0.3) is 0 Å². The van der Waals surface area contributed by atoms with E-state index >= 15 is 0 Å². The van der Waals surface area contributed by atoms with E-state index in [1.54, 1.807) is 23.0 Å². The molecule has 1 aromatic heterocycles. The monoisotopic (exact) mass is 358 g/mol. The van der Waals surface area contributed by atoms with Crippen molar-refractivity contribution >= 4 is 17.3 Å². The molecule has 1 fully saturated rings. The number of rotatable bonds is 6. The van der Waals surface area contributed by atoms with Crippen LogP contribution >= 0.6 is 0 Å². The van der Waals surface area contributed by atoms with Crippen molar-refractivity contribution in [2.75, 3.05) is 16.8 Å². The average molecular weight is 358 g/mol. The molecule has 1 aromatic carbocycles. The quantitative estimate of drug-likeness (QED) is 0.855. The van der Waals surface area contributed by atoms with Crippen LogP contribution in [0.3, 0.4) is 0 Å². The Balaban J connectivity index is 1.61. The van der Waals surface area contributed by atoms with Crippen LogP contribution in [0.2, 0.25) is 0 Å². The van der Waals surface area contributed by atoms with Crippen LogP contribution in [0.15, 0.2) is 30.6 Å². The third kappa shape index (κ3) is 4.23. The summed E-state index contributed by atoms with van der Waals surface area (Å²) in [6, 6.07) is 5.37. The maximum Gasteiger partial charge on any atom is 0.224 e. The topological polar surface area (TPSA) is 50.2 Å². The molecular weight excluding hydrogens is 331 g/mol. The van der Waals surface area contributed by atoms with Gasteiger partial charge in [-0.2, -0.15) is 5.10 Å².